The van der Waals surface area contributed by atoms with Crippen molar-refractivity contribution in [3.05, 3.63) is 149 Å². The number of benzene rings is 4. The number of Topliss-reactive ketones (excluding diaryl/α,β-unsaturated/α-hetero) is 1. The van der Waals surface area contributed by atoms with Gasteiger partial charge in [0.15, 0.2) is 17.5 Å². The van der Waals surface area contributed by atoms with Gasteiger partial charge >= 0.3 is 36.0 Å². The maximum absolute atomic E-state index is 15.8. The van der Waals surface area contributed by atoms with Crippen LogP contribution in [0.3, 0.4) is 0 Å². The second-order valence-corrected chi connectivity index (χ2v) is 20.0. The lowest BCUT2D eigenvalue weighted by molar-refractivity contribution is -0.346. The second-order valence-electron chi connectivity index (χ2n) is 19.8. The maximum atomic E-state index is 15.8. The van der Waals surface area contributed by atoms with E-state index in [9.17, 15) is 39.0 Å². The number of ether oxygens (including phenoxy) is 7. The molecule has 8 rings (SSSR count). The highest BCUT2D eigenvalue weighted by molar-refractivity contribution is 7.77. The van der Waals surface area contributed by atoms with E-state index >= 15 is 9.59 Å². The molecule has 1 aliphatic heterocycles. The van der Waals surface area contributed by atoms with Gasteiger partial charge in [-0.25, -0.2) is 19.2 Å². The van der Waals surface area contributed by atoms with E-state index in [0.717, 1.165) is 13.8 Å². The molecule has 2 saturated carbocycles. The minimum absolute atomic E-state index is 0.0162. The molecular weight excluding hydrogens is 1010 g/mol. The van der Waals surface area contributed by atoms with Crippen molar-refractivity contribution >= 4 is 60.5 Å². The molecule has 21 heteroatoms. The van der Waals surface area contributed by atoms with Crippen molar-refractivity contribution in [3.63, 3.8) is 0 Å². The fraction of sp³-hybridized carbons (Fsp3) is 0.382. The third kappa shape index (κ3) is 10.1. The first-order chi connectivity index (χ1) is 36.1. The number of amides is 1. The second kappa shape index (κ2) is 21.7. The van der Waals surface area contributed by atoms with Gasteiger partial charge < -0.3 is 53.5 Å². The molecule has 4 aliphatic rings. The van der Waals surface area contributed by atoms with E-state index in [2.05, 4.69) is 23.0 Å². The summed E-state index contributed by atoms with van der Waals surface area (Å²) in [4.78, 5) is 119. The first-order valence-corrected chi connectivity index (χ1v) is 24.6. The minimum Gasteiger partial charge on any atom is -0.455 e. The number of esters is 4. The zero-order chi connectivity index (χ0) is 54.9. The van der Waals surface area contributed by atoms with Crippen LogP contribution in [0.4, 0.5) is 4.79 Å². The van der Waals surface area contributed by atoms with Gasteiger partial charge in [0, 0.05) is 37.7 Å². The summed E-state index contributed by atoms with van der Waals surface area (Å²) < 4.78 is 42.1. The Morgan fingerprint density at radius 1 is 0.763 bits per heavy atom. The Morgan fingerprint density at radius 3 is 1.92 bits per heavy atom. The van der Waals surface area contributed by atoms with E-state index < -0.39 is 125 Å². The number of ketones is 1. The minimum atomic E-state index is -2.52. The summed E-state index contributed by atoms with van der Waals surface area (Å²) in [6.45, 7) is 7.68. The van der Waals surface area contributed by atoms with E-state index in [1.807, 2.05) is 4.89 Å². The van der Waals surface area contributed by atoms with Crippen LogP contribution in [0.25, 0.3) is 0 Å². The van der Waals surface area contributed by atoms with E-state index in [0.29, 0.717) is 0 Å². The zero-order valence-electron chi connectivity index (χ0n) is 42.1. The number of nitrogens with one attached hydrogen (secondary N) is 2. The van der Waals surface area contributed by atoms with Crippen LogP contribution >= 0.6 is 12.8 Å². The van der Waals surface area contributed by atoms with E-state index in [1.165, 1.54) is 76.2 Å². The predicted octanol–water partition coefficient (Wildman–Crippen LogP) is 5.47. The zero-order valence-corrected chi connectivity index (χ0v) is 43.0. The van der Waals surface area contributed by atoms with Crippen LogP contribution in [-0.2, 0) is 52.4 Å². The van der Waals surface area contributed by atoms with Gasteiger partial charge in [-0.05, 0) is 79.1 Å². The highest BCUT2D eigenvalue weighted by Crippen LogP contribution is 2.64. The predicted molar refractivity (Wildman–Crippen MR) is 267 cm³/mol. The Morgan fingerprint density at radius 2 is 1.36 bits per heavy atom. The number of hydrogen-bond acceptors (Lipinski definition) is 20. The molecule has 0 radical (unpaired) electrons. The fourth-order valence-electron chi connectivity index (χ4n) is 11.3. The average molecular weight is 1070 g/mol. The summed E-state index contributed by atoms with van der Waals surface area (Å²) in [5.74, 6) is -8.36. The molecule has 76 heavy (non-hydrogen) atoms. The molecule has 400 valence electrons. The molecule has 0 spiro atoms. The number of carbonyl (C=O) groups excluding carboxylic acids is 8. The number of thiol groups is 1. The van der Waals surface area contributed by atoms with Crippen molar-refractivity contribution in [1.29, 1.82) is 0 Å². The lowest BCUT2D eigenvalue weighted by atomic mass is 9.44. The summed E-state index contributed by atoms with van der Waals surface area (Å²) in [5, 5.41) is 29.0. The summed E-state index contributed by atoms with van der Waals surface area (Å²) in [7, 11) is 0. The molecule has 20 nitrogen and oxygen atoms in total. The Bertz CT molecular complexity index is 2940. The van der Waals surface area contributed by atoms with Crippen molar-refractivity contribution in [2.45, 2.75) is 108 Å². The van der Waals surface area contributed by atoms with Crippen LogP contribution in [0.15, 0.2) is 126 Å². The molecule has 4 aromatic carbocycles. The van der Waals surface area contributed by atoms with Gasteiger partial charge in [-0.2, -0.15) is 0 Å². The van der Waals surface area contributed by atoms with Gasteiger partial charge in [0.1, 0.15) is 35.7 Å². The summed E-state index contributed by atoms with van der Waals surface area (Å²) in [5.41, 5.74) is -7.87. The molecule has 3 fully saturated rings. The van der Waals surface area contributed by atoms with Crippen LogP contribution in [0.2, 0.25) is 0 Å². The van der Waals surface area contributed by atoms with Crippen LogP contribution < -0.4 is 14.9 Å². The fourth-order valence-corrected chi connectivity index (χ4v) is 11.4. The van der Waals surface area contributed by atoms with Crippen molar-refractivity contribution in [3.8, 4) is 5.75 Å². The molecule has 1 amide bonds. The van der Waals surface area contributed by atoms with E-state index in [4.69, 9.17) is 33.2 Å². The summed E-state index contributed by atoms with van der Waals surface area (Å²) >= 11 is 3.65. The number of aliphatic hydroxyl groups is 2. The Labute approximate surface area is 441 Å². The molecule has 1 heterocycles. The van der Waals surface area contributed by atoms with Crippen molar-refractivity contribution < 1.29 is 86.6 Å². The molecule has 4 N–H and O–H groups in total. The average Bonchev–Trinajstić information content (AvgIpc) is 3.52. The topological polar surface area (TPSA) is 275 Å². The van der Waals surface area contributed by atoms with Gasteiger partial charge in [-0.3, -0.25) is 19.2 Å². The number of rotatable bonds is 14. The van der Waals surface area contributed by atoms with Crippen LogP contribution in [-0.4, -0.2) is 112 Å². The highest BCUT2D eigenvalue weighted by atomic mass is 32.1. The monoisotopic (exact) mass is 1060 g/mol. The van der Waals surface area contributed by atoms with Crippen molar-refractivity contribution in [2.75, 3.05) is 6.61 Å². The normalized spacial score (nSPS) is 27.9. The van der Waals surface area contributed by atoms with Gasteiger partial charge in [-0.1, -0.05) is 98.3 Å². The summed E-state index contributed by atoms with van der Waals surface area (Å²) in [6, 6.07) is 27.1. The lowest BCUT2D eigenvalue weighted by Gasteiger charge is -2.67. The molecule has 11 atom stereocenters. The molecule has 0 unspecified atom stereocenters. The third-order valence-corrected chi connectivity index (χ3v) is 15.2. The number of carbonyl (C=O) groups is 8. The van der Waals surface area contributed by atoms with Gasteiger partial charge in [-0.15, -0.1) is 0 Å². The van der Waals surface area contributed by atoms with Crippen LogP contribution in [0.1, 0.15) is 97.1 Å². The smallest absolute Gasteiger partial charge is 0.455 e. The SMILES string of the molecule is CC(=O)O[C@H]1C(=O)[C@@]2(C)[C@H]([C@H](OC(=O)c3ccccc3)[C@]3(O)C[C@H](OC(=O)[C@H](OC(=O)Oc4ccc(C(=O)ONS)cc4)[C@@H](NC(=O)c4ccccc4)c4ccccc4)C(C)=C1C3(C)C)[C@]1(OC(C)=O)CO[C@@H]1C[C@@H]2O. The molecule has 1 saturated heterocycles. The number of fused-ring (bicyclic) bond motifs is 5. The largest absolute Gasteiger partial charge is 0.514 e. The van der Waals surface area contributed by atoms with Crippen molar-refractivity contribution in [1.82, 2.24) is 10.2 Å². The first kappa shape index (κ1) is 54.8. The molecule has 3 aliphatic carbocycles. The molecular formula is C55H56N2O18S. The third-order valence-electron chi connectivity index (χ3n) is 15.1. The first-order valence-electron chi connectivity index (χ1n) is 24.2. The molecule has 0 aromatic heterocycles. The van der Waals surface area contributed by atoms with Crippen molar-refractivity contribution in [2.24, 2.45) is 16.7 Å². The number of aliphatic hydroxyl groups excluding tert-OH is 1. The quantitative estimate of drug-likeness (QED) is 0.0262. The number of hydrogen-bond donors (Lipinski definition) is 5. The standard InChI is InChI=1S/C55H56N2O18S/c1-29-37(71-50(65)43(72-51(66)70-36-24-22-35(23-25-36)49(64)75-57-76)41(32-16-10-7-11-17-32)56-47(62)33-18-12-8-13-19-33)27-55(67)46(73-48(63)34-20-14-9-15-21-34)44-53(6,38(60)26-39-54(44,28-68-39)74-31(3)59)45(61)42(69-30(2)58)40(29)52(55,4)5/h7-25,37-39,41-44,46,57,60,67,76H,26-28H2,1-6H3,(H,56,62)/t37-,38-,39+,41-,42+,43+,44-,46-,53+,54-,55+/m0/s1. The Balaban J connectivity index is 1.28. The van der Waals surface area contributed by atoms with E-state index in [1.54, 1.807) is 66.7 Å². The molecule has 2 bridgehead atoms. The van der Waals surface area contributed by atoms with Crippen LogP contribution in [0, 0.1) is 16.7 Å². The van der Waals surface area contributed by atoms with Crippen LogP contribution in [0.5, 0.6) is 5.75 Å². The lowest BCUT2D eigenvalue weighted by Crippen LogP contribution is -2.82. The summed E-state index contributed by atoms with van der Waals surface area (Å²) in [6.07, 6.45) is -12.8. The van der Waals surface area contributed by atoms with Gasteiger partial charge in [0.25, 0.3) is 5.91 Å². The Hall–Kier alpha value is -7.43. The highest BCUT2D eigenvalue weighted by Gasteiger charge is 2.78. The maximum Gasteiger partial charge on any atom is 0.514 e. The van der Waals surface area contributed by atoms with Gasteiger partial charge in [0.05, 0.1) is 35.2 Å². The van der Waals surface area contributed by atoms with Gasteiger partial charge in [0.2, 0.25) is 6.10 Å². The Kier molecular flexibility index (Phi) is 15.6. The molecule has 4 aromatic rings. The van der Waals surface area contributed by atoms with E-state index in [-0.39, 0.29) is 52.2 Å².